The van der Waals surface area contributed by atoms with E-state index in [4.69, 9.17) is 9.84 Å². The van der Waals surface area contributed by atoms with Crippen molar-refractivity contribution in [1.29, 1.82) is 0 Å². The lowest BCUT2D eigenvalue weighted by Crippen LogP contribution is -1.97. The first kappa shape index (κ1) is 14.6. The number of aromatic carboxylic acids is 1. The van der Waals surface area contributed by atoms with E-state index < -0.39 is 5.97 Å². The number of nitrogens with zero attached hydrogens (tertiary/aromatic N) is 2. The molecule has 0 saturated carbocycles. The average Bonchev–Trinajstić information content (AvgIpc) is 3.08. The van der Waals surface area contributed by atoms with Crippen LogP contribution in [0.1, 0.15) is 29.9 Å². The van der Waals surface area contributed by atoms with Crippen LogP contribution in [0.15, 0.2) is 29.8 Å². The van der Waals surface area contributed by atoms with Gasteiger partial charge in [0.15, 0.2) is 10.7 Å². The fourth-order valence-corrected chi connectivity index (χ4v) is 3.29. The number of carboxylic acids is 1. The highest BCUT2D eigenvalue weighted by Crippen LogP contribution is 2.30. The summed E-state index contributed by atoms with van der Waals surface area (Å²) in [5.41, 5.74) is 3.17. The van der Waals surface area contributed by atoms with Crippen LogP contribution in [0.25, 0.3) is 16.2 Å². The van der Waals surface area contributed by atoms with Gasteiger partial charge < -0.3 is 9.84 Å². The van der Waals surface area contributed by atoms with Gasteiger partial charge in [-0.3, -0.25) is 4.40 Å². The molecule has 0 aliphatic heterocycles. The molecule has 0 spiro atoms. The maximum atomic E-state index is 11.0. The summed E-state index contributed by atoms with van der Waals surface area (Å²) in [6, 6.07) is 6.05. The van der Waals surface area contributed by atoms with Gasteiger partial charge in [0.2, 0.25) is 0 Å². The Morgan fingerprint density at radius 1 is 1.41 bits per heavy atom. The zero-order valence-corrected chi connectivity index (χ0v) is 13.2. The van der Waals surface area contributed by atoms with E-state index in [9.17, 15) is 4.79 Å². The quantitative estimate of drug-likeness (QED) is 0.779. The fourth-order valence-electron chi connectivity index (χ4n) is 2.41. The molecule has 114 valence electrons. The van der Waals surface area contributed by atoms with Crippen LogP contribution in [-0.2, 0) is 6.42 Å². The topological polar surface area (TPSA) is 63.8 Å². The largest absolute Gasteiger partial charge is 0.494 e. The average molecular weight is 316 g/mol. The summed E-state index contributed by atoms with van der Waals surface area (Å²) >= 11 is 1.43. The minimum Gasteiger partial charge on any atom is -0.494 e. The molecule has 2 aromatic heterocycles. The number of hydrogen-bond acceptors (Lipinski definition) is 4. The molecule has 5 nitrogen and oxygen atoms in total. The van der Waals surface area contributed by atoms with Crippen molar-refractivity contribution in [2.75, 3.05) is 6.61 Å². The molecular weight excluding hydrogens is 300 g/mol. The number of carboxylic acid groups (broad SMARTS) is 1. The van der Waals surface area contributed by atoms with Gasteiger partial charge in [-0.25, -0.2) is 9.78 Å². The molecule has 1 aromatic carbocycles. The van der Waals surface area contributed by atoms with E-state index in [1.165, 1.54) is 11.3 Å². The molecule has 6 heteroatoms. The molecule has 3 aromatic rings. The summed E-state index contributed by atoms with van der Waals surface area (Å²) < 4.78 is 7.45. The number of carbonyl (C=O) groups is 1. The van der Waals surface area contributed by atoms with Crippen molar-refractivity contribution in [3.8, 4) is 17.0 Å². The lowest BCUT2D eigenvalue weighted by molar-refractivity contribution is 0.0691. The molecule has 0 aliphatic carbocycles. The van der Waals surface area contributed by atoms with Crippen molar-refractivity contribution >= 4 is 22.3 Å². The van der Waals surface area contributed by atoms with Crippen molar-refractivity contribution in [2.24, 2.45) is 0 Å². The minimum atomic E-state index is -1.01. The molecule has 0 saturated heterocycles. The Bertz CT molecular complexity index is 835. The molecule has 0 unspecified atom stereocenters. The molecule has 0 atom stereocenters. The summed E-state index contributed by atoms with van der Waals surface area (Å²) in [6.07, 6.45) is 2.44. The standard InChI is InChI=1S/C16H16N2O3S/c1-3-10-7-11(5-6-14(10)21-4-2)13-9-22-16-17-12(15(19)20)8-18(13)16/h5-9H,3-4H2,1-2H3,(H,19,20). The van der Waals surface area contributed by atoms with Crippen LogP contribution in [0.5, 0.6) is 5.75 Å². The summed E-state index contributed by atoms with van der Waals surface area (Å²) in [6.45, 7) is 4.69. The Labute approximate surface area is 131 Å². The Balaban J connectivity index is 2.08. The molecule has 2 heterocycles. The highest BCUT2D eigenvalue weighted by atomic mass is 32.1. The van der Waals surface area contributed by atoms with E-state index in [-0.39, 0.29) is 5.69 Å². The first-order chi connectivity index (χ1) is 10.6. The van der Waals surface area contributed by atoms with Crippen molar-refractivity contribution in [3.63, 3.8) is 0 Å². The summed E-state index contributed by atoms with van der Waals surface area (Å²) in [4.78, 5) is 15.8. The number of ether oxygens (including phenoxy) is 1. The number of hydrogen-bond donors (Lipinski definition) is 1. The highest BCUT2D eigenvalue weighted by Gasteiger charge is 2.14. The Hall–Kier alpha value is -2.34. The van der Waals surface area contributed by atoms with Gasteiger partial charge in [-0.2, -0.15) is 0 Å². The number of aromatic nitrogens is 2. The van der Waals surface area contributed by atoms with Crippen LogP contribution in [-0.4, -0.2) is 27.1 Å². The van der Waals surface area contributed by atoms with Gasteiger partial charge in [0.1, 0.15) is 5.75 Å². The first-order valence-corrected chi connectivity index (χ1v) is 7.98. The molecular formula is C16H16N2O3S. The maximum absolute atomic E-state index is 11.0. The van der Waals surface area contributed by atoms with E-state index in [1.54, 1.807) is 6.20 Å². The number of rotatable bonds is 5. The third-order valence-corrected chi connectivity index (χ3v) is 4.31. The summed E-state index contributed by atoms with van der Waals surface area (Å²) in [7, 11) is 0. The second kappa shape index (κ2) is 5.81. The van der Waals surface area contributed by atoms with Crippen molar-refractivity contribution < 1.29 is 14.6 Å². The Morgan fingerprint density at radius 2 is 2.23 bits per heavy atom. The lowest BCUT2D eigenvalue weighted by Gasteiger charge is -2.10. The Morgan fingerprint density at radius 3 is 2.91 bits per heavy atom. The lowest BCUT2D eigenvalue weighted by atomic mass is 10.1. The molecule has 22 heavy (non-hydrogen) atoms. The van der Waals surface area contributed by atoms with E-state index in [2.05, 4.69) is 18.0 Å². The van der Waals surface area contributed by atoms with Crippen molar-refractivity contribution in [3.05, 3.63) is 41.0 Å². The highest BCUT2D eigenvalue weighted by molar-refractivity contribution is 7.15. The van der Waals surface area contributed by atoms with Crippen LogP contribution in [0, 0.1) is 0 Å². The zero-order valence-electron chi connectivity index (χ0n) is 12.4. The van der Waals surface area contributed by atoms with E-state index in [1.807, 2.05) is 28.8 Å². The molecule has 1 N–H and O–H groups in total. The van der Waals surface area contributed by atoms with E-state index in [0.29, 0.717) is 11.6 Å². The predicted octanol–water partition coefficient (Wildman–Crippen LogP) is 3.72. The number of benzene rings is 1. The second-order valence-electron chi connectivity index (χ2n) is 4.81. The van der Waals surface area contributed by atoms with E-state index >= 15 is 0 Å². The minimum absolute atomic E-state index is 0.0646. The Kier molecular flexibility index (Phi) is 3.85. The smallest absolute Gasteiger partial charge is 0.356 e. The first-order valence-electron chi connectivity index (χ1n) is 7.10. The molecule has 0 bridgehead atoms. The monoisotopic (exact) mass is 316 g/mol. The zero-order chi connectivity index (χ0) is 15.7. The van der Waals surface area contributed by atoms with Crippen LogP contribution in [0.3, 0.4) is 0 Å². The number of aryl methyl sites for hydroxylation is 1. The predicted molar refractivity (Wildman–Crippen MR) is 86.0 cm³/mol. The fraction of sp³-hybridized carbons (Fsp3) is 0.250. The van der Waals surface area contributed by atoms with Crippen molar-refractivity contribution in [1.82, 2.24) is 9.38 Å². The third kappa shape index (κ3) is 2.46. The SMILES string of the molecule is CCOc1ccc(-c2csc3nc(C(=O)O)cn23)cc1CC. The van der Waals surface area contributed by atoms with Crippen LogP contribution in [0.2, 0.25) is 0 Å². The number of fused-ring (bicyclic) bond motifs is 1. The molecule has 3 rings (SSSR count). The molecule has 0 radical (unpaired) electrons. The summed E-state index contributed by atoms with van der Waals surface area (Å²) in [5, 5.41) is 11.0. The normalized spacial score (nSPS) is 11.0. The second-order valence-corrected chi connectivity index (χ2v) is 5.65. The van der Waals surface area contributed by atoms with Crippen LogP contribution in [0.4, 0.5) is 0 Å². The van der Waals surface area contributed by atoms with Crippen molar-refractivity contribution in [2.45, 2.75) is 20.3 Å². The van der Waals surface area contributed by atoms with Gasteiger partial charge in [0, 0.05) is 11.6 Å². The van der Waals surface area contributed by atoms with Gasteiger partial charge in [-0.15, -0.1) is 11.3 Å². The maximum Gasteiger partial charge on any atom is 0.356 e. The molecule has 0 aliphatic rings. The number of thiazole rings is 1. The molecule has 0 amide bonds. The van der Waals surface area contributed by atoms with E-state index in [0.717, 1.165) is 29.0 Å². The van der Waals surface area contributed by atoms with Gasteiger partial charge in [0.05, 0.1) is 12.3 Å². The van der Waals surface area contributed by atoms with Crippen LogP contribution < -0.4 is 4.74 Å². The number of imidazole rings is 1. The summed E-state index contributed by atoms with van der Waals surface area (Å²) in [5.74, 6) is -0.111. The van der Waals surface area contributed by atoms with Gasteiger partial charge >= 0.3 is 5.97 Å². The van der Waals surface area contributed by atoms with Crippen LogP contribution >= 0.6 is 11.3 Å². The third-order valence-electron chi connectivity index (χ3n) is 3.47. The molecule has 0 fully saturated rings. The van der Waals surface area contributed by atoms with Gasteiger partial charge in [-0.1, -0.05) is 6.92 Å². The van der Waals surface area contributed by atoms with Gasteiger partial charge in [0.25, 0.3) is 0 Å². The van der Waals surface area contributed by atoms with Gasteiger partial charge in [-0.05, 0) is 42.7 Å².